The maximum atomic E-state index is 11.8. The second kappa shape index (κ2) is 10.6. The average molecular weight is 371 g/mol. The van der Waals surface area contributed by atoms with Gasteiger partial charge < -0.3 is 19.5 Å². The highest BCUT2D eigenvalue weighted by molar-refractivity contribution is 5.92. The van der Waals surface area contributed by atoms with Crippen molar-refractivity contribution in [2.24, 2.45) is 0 Å². The Labute approximate surface area is 157 Å². The Morgan fingerprint density at radius 3 is 2.19 bits per heavy atom. The first-order valence-corrected chi connectivity index (χ1v) is 8.47. The van der Waals surface area contributed by atoms with Crippen LogP contribution in [-0.4, -0.2) is 44.5 Å². The van der Waals surface area contributed by atoms with E-state index in [1.807, 2.05) is 6.92 Å². The summed E-state index contributed by atoms with van der Waals surface area (Å²) in [6.07, 6.45) is 0.679. The van der Waals surface area contributed by atoms with E-state index in [-0.39, 0.29) is 18.7 Å². The van der Waals surface area contributed by atoms with Crippen LogP contribution in [0.4, 0.5) is 0 Å². The monoisotopic (exact) mass is 371 g/mol. The Bertz CT molecular complexity index is 755. The van der Waals surface area contributed by atoms with E-state index in [0.717, 1.165) is 5.75 Å². The predicted octanol–water partition coefficient (Wildman–Crippen LogP) is 2.25. The van der Waals surface area contributed by atoms with Gasteiger partial charge in [0, 0.05) is 5.56 Å². The van der Waals surface area contributed by atoms with Gasteiger partial charge in [0.05, 0.1) is 18.7 Å². The van der Waals surface area contributed by atoms with Gasteiger partial charge in [-0.1, -0.05) is 12.1 Å². The molecule has 0 fully saturated rings. The predicted molar refractivity (Wildman–Crippen MR) is 98.2 cm³/mol. The zero-order chi connectivity index (χ0) is 19.5. The first-order valence-electron chi connectivity index (χ1n) is 8.47. The second-order valence-corrected chi connectivity index (χ2v) is 5.42. The summed E-state index contributed by atoms with van der Waals surface area (Å²) in [6.45, 7) is 2.67. The highest BCUT2D eigenvalue weighted by atomic mass is 16.5. The fraction of sp³-hybridized carbons (Fsp3) is 0.250. The molecule has 2 aromatic rings. The van der Waals surface area contributed by atoms with Gasteiger partial charge in [-0.25, -0.2) is 4.79 Å². The Morgan fingerprint density at radius 2 is 1.59 bits per heavy atom. The van der Waals surface area contributed by atoms with Crippen LogP contribution in [0.2, 0.25) is 0 Å². The van der Waals surface area contributed by atoms with E-state index in [4.69, 9.17) is 14.2 Å². The van der Waals surface area contributed by atoms with Crippen molar-refractivity contribution >= 4 is 18.2 Å². The van der Waals surface area contributed by atoms with Crippen LogP contribution in [0.3, 0.4) is 0 Å². The zero-order valence-corrected chi connectivity index (χ0v) is 15.0. The van der Waals surface area contributed by atoms with E-state index in [9.17, 15) is 14.4 Å². The molecule has 0 bridgehead atoms. The molecule has 0 unspecified atom stereocenters. The normalized spacial score (nSPS) is 9.96. The number of esters is 1. The quantitative estimate of drug-likeness (QED) is 0.391. The maximum absolute atomic E-state index is 11.8. The van der Waals surface area contributed by atoms with Crippen LogP contribution < -0.4 is 14.8 Å². The van der Waals surface area contributed by atoms with Gasteiger partial charge in [-0.3, -0.25) is 9.59 Å². The third kappa shape index (κ3) is 6.81. The van der Waals surface area contributed by atoms with Crippen LogP contribution in [0.1, 0.15) is 27.6 Å². The summed E-state index contributed by atoms with van der Waals surface area (Å²) in [5, 5.41) is 2.60. The molecule has 0 saturated heterocycles. The van der Waals surface area contributed by atoms with Gasteiger partial charge in [0.25, 0.3) is 5.91 Å². The fourth-order valence-corrected chi connectivity index (χ4v) is 2.12. The molecule has 2 rings (SSSR count). The number of ether oxygens (including phenoxy) is 3. The Balaban J connectivity index is 1.64. The molecule has 0 aliphatic heterocycles. The number of carbonyl (C=O) groups is 3. The number of hydrogen-bond donors (Lipinski definition) is 1. The molecule has 0 aromatic heterocycles. The summed E-state index contributed by atoms with van der Waals surface area (Å²) in [6, 6.07) is 13.1. The minimum atomic E-state index is -0.631. The molecule has 142 valence electrons. The number of carbonyl (C=O) groups excluding carboxylic acids is 3. The number of nitrogens with one attached hydrogen (secondary N) is 1. The van der Waals surface area contributed by atoms with Crippen molar-refractivity contribution in [1.29, 1.82) is 0 Å². The van der Waals surface area contributed by atoms with Crippen LogP contribution in [0.25, 0.3) is 0 Å². The lowest BCUT2D eigenvalue weighted by molar-refractivity contribution is -0.124. The van der Waals surface area contributed by atoms with Gasteiger partial charge in [0.2, 0.25) is 0 Å². The molecule has 0 aliphatic rings. The minimum Gasteiger partial charge on any atom is -0.494 e. The number of aldehydes is 1. The van der Waals surface area contributed by atoms with Crippen molar-refractivity contribution < 1.29 is 28.6 Å². The average Bonchev–Trinajstić information content (AvgIpc) is 2.71. The van der Waals surface area contributed by atoms with Gasteiger partial charge >= 0.3 is 5.97 Å². The lowest BCUT2D eigenvalue weighted by Crippen LogP contribution is -2.32. The molecule has 2 aromatic carbocycles. The largest absolute Gasteiger partial charge is 0.494 e. The van der Waals surface area contributed by atoms with Gasteiger partial charge in [0.15, 0.2) is 6.61 Å². The van der Waals surface area contributed by atoms with Crippen LogP contribution in [0.15, 0.2) is 48.5 Å². The summed E-state index contributed by atoms with van der Waals surface area (Å²) in [4.78, 5) is 34.1. The first-order chi connectivity index (χ1) is 13.1. The van der Waals surface area contributed by atoms with Crippen molar-refractivity contribution in [2.45, 2.75) is 6.92 Å². The van der Waals surface area contributed by atoms with Crippen LogP contribution in [-0.2, 0) is 9.53 Å². The van der Waals surface area contributed by atoms with E-state index in [1.54, 1.807) is 24.3 Å². The van der Waals surface area contributed by atoms with Gasteiger partial charge in [-0.15, -0.1) is 0 Å². The molecular formula is C20H21NO6. The summed E-state index contributed by atoms with van der Waals surface area (Å²) in [7, 11) is 0. The number of amides is 1. The molecular weight excluding hydrogens is 350 g/mol. The molecule has 0 heterocycles. The van der Waals surface area contributed by atoms with Gasteiger partial charge in [0.1, 0.15) is 24.4 Å². The fourth-order valence-electron chi connectivity index (χ4n) is 2.12. The second-order valence-electron chi connectivity index (χ2n) is 5.42. The Kier molecular flexibility index (Phi) is 7.84. The SMILES string of the molecule is CCOc1ccc(OCCNC(=O)COC(=O)c2ccc(C=O)cc2)cc1. The van der Waals surface area contributed by atoms with Crippen molar-refractivity contribution in [1.82, 2.24) is 5.32 Å². The lowest BCUT2D eigenvalue weighted by Gasteiger charge is -2.09. The Hall–Kier alpha value is -3.35. The van der Waals surface area contributed by atoms with Gasteiger partial charge in [-0.05, 0) is 43.3 Å². The van der Waals surface area contributed by atoms with E-state index < -0.39 is 18.5 Å². The molecule has 7 nitrogen and oxygen atoms in total. The van der Waals surface area contributed by atoms with E-state index >= 15 is 0 Å². The van der Waals surface area contributed by atoms with Crippen molar-refractivity contribution in [3.05, 3.63) is 59.7 Å². The number of hydrogen-bond acceptors (Lipinski definition) is 6. The number of rotatable bonds is 10. The van der Waals surface area contributed by atoms with E-state index in [1.165, 1.54) is 24.3 Å². The summed E-state index contributed by atoms with van der Waals surface area (Å²) in [5.74, 6) is 0.370. The maximum Gasteiger partial charge on any atom is 0.338 e. The van der Waals surface area contributed by atoms with Crippen LogP contribution in [0.5, 0.6) is 11.5 Å². The smallest absolute Gasteiger partial charge is 0.338 e. The van der Waals surface area contributed by atoms with Crippen molar-refractivity contribution in [3.63, 3.8) is 0 Å². The molecule has 0 atom stereocenters. The molecule has 0 radical (unpaired) electrons. The lowest BCUT2D eigenvalue weighted by atomic mass is 10.1. The van der Waals surface area contributed by atoms with Crippen molar-refractivity contribution in [2.75, 3.05) is 26.4 Å². The van der Waals surface area contributed by atoms with E-state index in [0.29, 0.717) is 24.2 Å². The van der Waals surface area contributed by atoms with Gasteiger partial charge in [-0.2, -0.15) is 0 Å². The Morgan fingerprint density at radius 1 is 0.963 bits per heavy atom. The summed E-state index contributed by atoms with van der Waals surface area (Å²) in [5.41, 5.74) is 0.726. The molecule has 0 spiro atoms. The third-order valence-electron chi connectivity index (χ3n) is 3.44. The highest BCUT2D eigenvalue weighted by Crippen LogP contribution is 2.17. The van der Waals surface area contributed by atoms with Crippen molar-refractivity contribution in [3.8, 4) is 11.5 Å². The number of benzene rings is 2. The molecule has 1 N–H and O–H groups in total. The molecule has 0 saturated carbocycles. The van der Waals surface area contributed by atoms with Crippen LogP contribution >= 0.6 is 0 Å². The highest BCUT2D eigenvalue weighted by Gasteiger charge is 2.10. The van der Waals surface area contributed by atoms with E-state index in [2.05, 4.69) is 5.32 Å². The minimum absolute atomic E-state index is 0.271. The first kappa shape index (κ1) is 20.0. The molecule has 7 heteroatoms. The summed E-state index contributed by atoms with van der Waals surface area (Å²) < 4.78 is 15.8. The third-order valence-corrected chi connectivity index (χ3v) is 3.44. The molecule has 1 amide bonds. The molecule has 0 aliphatic carbocycles. The molecule has 27 heavy (non-hydrogen) atoms. The van der Waals surface area contributed by atoms with Crippen LogP contribution in [0, 0.1) is 0 Å². The topological polar surface area (TPSA) is 90.9 Å². The standard InChI is InChI=1S/C20H21NO6/c1-2-25-17-7-9-18(10-8-17)26-12-11-21-19(23)14-27-20(24)16-5-3-15(13-22)4-6-16/h3-10,13H,2,11-12,14H2,1H3,(H,21,23). The zero-order valence-electron chi connectivity index (χ0n) is 15.0. The summed E-state index contributed by atoms with van der Waals surface area (Å²) >= 11 is 0.